The maximum absolute atomic E-state index is 12.0. The van der Waals surface area contributed by atoms with Crippen LogP contribution in [-0.4, -0.2) is 31.1 Å². The van der Waals surface area contributed by atoms with Gasteiger partial charge in [0.15, 0.2) is 5.76 Å². The number of Topliss-reactive ketones (excluding diaryl/α,β-unsaturated/α-hetero) is 1. The van der Waals surface area contributed by atoms with Crippen molar-refractivity contribution in [1.82, 2.24) is 5.32 Å². The van der Waals surface area contributed by atoms with Gasteiger partial charge in [-0.25, -0.2) is 0 Å². The number of carbonyl (C=O) groups is 1. The molecule has 1 aromatic rings. The van der Waals surface area contributed by atoms with E-state index in [-0.39, 0.29) is 17.9 Å². The third-order valence-corrected chi connectivity index (χ3v) is 3.06. The molecule has 2 rings (SSSR count). The molecule has 0 aliphatic carbocycles. The van der Waals surface area contributed by atoms with Gasteiger partial charge in [0.25, 0.3) is 0 Å². The lowest BCUT2D eigenvalue weighted by atomic mass is 10.0. The zero-order chi connectivity index (χ0) is 10.8. The van der Waals surface area contributed by atoms with Crippen LogP contribution in [0.1, 0.15) is 17.5 Å². The summed E-state index contributed by atoms with van der Waals surface area (Å²) in [5.74, 6) is 0.281. The molecule has 1 saturated heterocycles. The van der Waals surface area contributed by atoms with Crippen molar-refractivity contribution in [2.45, 2.75) is 19.1 Å². The van der Waals surface area contributed by atoms with E-state index in [4.69, 9.17) is 9.15 Å². The molecule has 1 aliphatic heterocycles. The van der Waals surface area contributed by atoms with Crippen LogP contribution in [0.25, 0.3) is 0 Å². The lowest BCUT2D eigenvalue weighted by molar-refractivity contribution is 0.0101. The minimum atomic E-state index is -0.318. The van der Waals surface area contributed by atoms with Crippen molar-refractivity contribution < 1.29 is 13.9 Å². The molecule has 0 saturated carbocycles. The highest BCUT2D eigenvalue weighted by atomic mass is 79.9. The summed E-state index contributed by atoms with van der Waals surface area (Å²) in [5.41, 5.74) is 0. The summed E-state index contributed by atoms with van der Waals surface area (Å²) in [6.45, 7) is 3.22. The topological polar surface area (TPSA) is 51.5 Å². The van der Waals surface area contributed by atoms with E-state index in [0.717, 1.165) is 0 Å². The maximum Gasteiger partial charge on any atom is 0.218 e. The third kappa shape index (κ3) is 2.14. The summed E-state index contributed by atoms with van der Waals surface area (Å²) in [5, 5.41) is 3.13. The molecule has 2 atom stereocenters. The first-order valence-electron chi connectivity index (χ1n) is 4.82. The molecule has 1 N–H and O–H groups in total. The largest absolute Gasteiger partial charge is 0.460 e. The SMILES string of the molecule is CC1OCCNC1C(=O)c1occc1Br. The zero-order valence-electron chi connectivity index (χ0n) is 8.33. The highest BCUT2D eigenvalue weighted by molar-refractivity contribution is 9.10. The van der Waals surface area contributed by atoms with Gasteiger partial charge in [0.05, 0.1) is 23.4 Å². The number of carbonyl (C=O) groups excluding carboxylic acids is 1. The molecule has 82 valence electrons. The number of hydrogen-bond acceptors (Lipinski definition) is 4. The monoisotopic (exact) mass is 273 g/mol. The third-order valence-electron chi connectivity index (χ3n) is 2.44. The molecule has 4 nitrogen and oxygen atoms in total. The van der Waals surface area contributed by atoms with Gasteiger partial charge in [-0.2, -0.15) is 0 Å². The van der Waals surface area contributed by atoms with E-state index in [0.29, 0.717) is 23.4 Å². The molecule has 2 heterocycles. The van der Waals surface area contributed by atoms with Crippen LogP contribution < -0.4 is 5.32 Å². The molecule has 2 unspecified atom stereocenters. The standard InChI is InChI=1S/C10H12BrNO3/c1-6-8(12-3-5-14-6)9(13)10-7(11)2-4-15-10/h2,4,6,8,12H,3,5H2,1H3. The quantitative estimate of drug-likeness (QED) is 0.832. The molecule has 0 amide bonds. The Kier molecular flexibility index (Phi) is 3.23. The van der Waals surface area contributed by atoms with Crippen molar-refractivity contribution in [3.8, 4) is 0 Å². The Morgan fingerprint density at radius 1 is 1.67 bits per heavy atom. The Bertz CT molecular complexity index is 363. The average molecular weight is 274 g/mol. The molecule has 5 heteroatoms. The number of ether oxygens (including phenoxy) is 1. The summed E-state index contributed by atoms with van der Waals surface area (Å²) >= 11 is 3.27. The number of halogens is 1. The fraction of sp³-hybridized carbons (Fsp3) is 0.500. The molecule has 0 spiro atoms. The van der Waals surface area contributed by atoms with Crippen LogP contribution in [0.5, 0.6) is 0 Å². The van der Waals surface area contributed by atoms with Gasteiger partial charge in [0, 0.05) is 6.54 Å². The van der Waals surface area contributed by atoms with E-state index in [9.17, 15) is 4.79 Å². The first kappa shape index (κ1) is 10.9. The molecular weight excluding hydrogens is 262 g/mol. The lowest BCUT2D eigenvalue weighted by Crippen LogP contribution is -2.51. The molecule has 1 aliphatic rings. The Balaban J connectivity index is 2.17. The van der Waals surface area contributed by atoms with Crippen LogP contribution in [0, 0.1) is 0 Å². The van der Waals surface area contributed by atoms with Crippen LogP contribution in [-0.2, 0) is 4.74 Å². The predicted octanol–water partition coefficient (Wildman–Crippen LogP) is 1.60. The van der Waals surface area contributed by atoms with Crippen LogP contribution in [0.3, 0.4) is 0 Å². The first-order chi connectivity index (χ1) is 7.20. The first-order valence-corrected chi connectivity index (χ1v) is 5.61. The second-order valence-corrected chi connectivity index (χ2v) is 4.32. The van der Waals surface area contributed by atoms with E-state index in [1.54, 1.807) is 6.07 Å². The van der Waals surface area contributed by atoms with E-state index >= 15 is 0 Å². The number of morpholine rings is 1. The van der Waals surface area contributed by atoms with Crippen molar-refractivity contribution in [2.75, 3.05) is 13.2 Å². The Morgan fingerprint density at radius 3 is 3.07 bits per heavy atom. The fourth-order valence-corrected chi connectivity index (χ4v) is 2.03. The Morgan fingerprint density at radius 2 is 2.47 bits per heavy atom. The number of rotatable bonds is 2. The summed E-state index contributed by atoms with van der Waals surface area (Å²) in [4.78, 5) is 12.0. The minimum Gasteiger partial charge on any atom is -0.460 e. The second-order valence-electron chi connectivity index (χ2n) is 3.47. The van der Waals surface area contributed by atoms with Crippen molar-refractivity contribution in [3.05, 3.63) is 22.6 Å². The lowest BCUT2D eigenvalue weighted by Gasteiger charge is -2.28. The molecule has 0 bridgehead atoms. The molecule has 0 radical (unpaired) electrons. The van der Waals surface area contributed by atoms with Gasteiger partial charge in [-0.05, 0) is 28.9 Å². The van der Waals surface area contributed by atoms with Gasteiger partial charge in [-0.1, -0.05) is 0 Å². The van der Waals surface area contributed by atoms with Gasteiger partial charge in [-0.15, -0.1) is 0 Å². The average Bonchev–Trinajstić information content (AvgIpc) is 2.64. The Labute approximate surface area is 96.1 Å². The Hall–Kier alpha value is -0.650. The van der Waals surface area contributed by atoms with E-state index < -0.39 is 0 Å². The van der Waals surface area contributed by atoms with Gasteiger partial charge in [0.1, 0.15) is 6.04 Å². The van der Waals surface area contributed by atoms with Crippen LogP contribution in [0.15, 0.2) is 21.2 Å². The van der Waals surface area contributed by atoms with Crippen molar-refractivity contribution in [3.63, 3.8) is 0 Å². The number of hydrogen-bond donors (Lipinski definition) is 1. The summed E-state index contributed by atoms with van der Waals surface area (Å²) < 4.78 is 11.2. The van der Waals surface area contributed by atoms with Crippen molar-refractivity contribution in [1.29, 1.82) is 0 Å². The minimum absolute atomic E-state index is 0.0703. The maximum atomic E-state index is 12.0. The molecule has 0 aromatic carbocycles. The summed E-state index contributed by atoms with van der Waals surface area (Å²) in [7, 11) is 0. The zero-order valence-corrected chi connectivity index (χ0v) is 9.91. The summed E-state index contributed by atoms with van der Waals surface area (Å²) in [6, 6.07) is 1.39. The van der Waals surface area contributed by atoms with Crippen molar-refractivity contribution in [2.24, 2.45) is 0 Å². The van der Waals surface area contributed by atoms with Crippen molar-refractivity contribution >= 4 is 21.7 Å². The predicted molar refractivity (Wildman–Crippen MR) is 57.9 cm³/mol. The van der Waals surface area contributed by atoms with Gasteiger partial charge < -0.3 is 14.5 Å². The number of ketones is 1. The molecule has 1 fully saturated rings. The summed E-state index contributed by atoms with van der Waals surface area (Å²) in [6.07, 6.45) is 1.37. The fourth-order valence-electron chi connectivity index (χ4n) is 1.64. The molecular formula is C10H12BrNO3. The smallest absolute Gasteiger partial charge is 0.218 e. The van der Waals surface area contributed by atoms with Crippen LogP contribution in [0.4, 0.5) is 0 Å². The normalized spacial score (nSPS) is 26.5. The van der Waals surface area contributed by atoms with E-state index in [2.05, 4.69) is 21.2 Å². The molecule has 15 heavy (non-hydrogen) atoms. The molecule has 1 aromatic heterocycles. The van der Waals surface area contributed by atoms with Crippen LogP contribution in [0.2, 0.25) is 0 Å². The number of nitrogens with one attached hydrogen (secondary N) is 1. The van der Waals surface area contributed by atoms with Crippen LogP contribution >= 0.6 is 15.9 Å². The highest BCUT2D eigenvalue weighted by Gasteiger charge is 2.31. The van der Waals surface area contributed by atoms with Gasteiger partial charge in [0.2, 0.25) is 5.78 Å². The number of furan rings is 1. The van der Waals surface area contributed by atoms with Gasteiger partial charge in [-0.3, -0.25) is 4.79 Å². The second kappa shape index (κ2) is 4.47. The van der Waals surface area contributed by atoms with E-state index in [1.165, 1.54) is 6.26 Å². The van der Waals surface area contributed by atoms with Gasteiger partial charge >= 0.3 is 0 Å². The highest BCUT2D eigenvalue weighted by Crippen LogP contribution is 2.21. The van der Waals surface area contributed by atoms with E-state index in [1.807, 2.05) is 6.92 Å².